The van der Waals surface area contributed by atoms with Gasteiger partial charge in [0.05, 0.1) is 11.7 Å². The number of halogens is 4. The van der Waals surface area contributed by atoms with Gasteiger partial charge in [0.1, 0.15) is 0 Å². The Balaban J connectivity index is 0.00000208. The molecule has 1 aromatic rings. The number of nitrogens with zero attached hydrogens (tertiary/aromatic N) is 1. The summed E-state index contributed by atoms with van der Waals surface area (Å²) in [5.74, 6) is 0.488. The normalized spacial score (nSPS) is 26.3. The summed E-state index contributed by atoms with van der Waals surface area (Å²) in [4.78, 5) is 2.05. The summed E-state index contributed by atoms with van der Waals surface area (Å²) < 4.78 is 39.9. The lowest BCUT2D eigenvalue weighted by Gasteiger charge is -2.32. The smallest absolute Gasteiger partial charge is 0.392 e. The number of hydrogen-bond acceptors (Lipinski definition) is 3. The van der Waals surface area contributed by atoms with Crippen LogP contribution in [0.5, 0.6) is 0 Å². The van der Waals surface area contributed by atoms with Gasteiger partial charge in [-0.05, 0) is 49.9 Å². The zero-order valence-corrected chi connectivity index (χ0v) is 14.2. The monoisotopic (exact) mass is 364 g/mol. The largest absolute Gasteiger partial charge is 0.416 e. The van der Waals surface area contributed by atoms with E-state index in [1.165, 1.54) is 6.07 Å². The molecule has 0 amide bonds. The van der Waals surface area contributed by atoms with Crippen molar-refractivity contribution in [3.63, 3.8) is 0 Å². The Morgan fingerprint density at radius 3 is 2.50 bits per heavy atom. The molecule has 2 atom stereocenters. The predicted octanol–water partition coefficient (Wildman–Crippen LogP) is 3.23. The van der Waals surface area contributed by atoms with E-state index in [9.17, 15) is 18.3 Å². The van der Waals surface area contributed by atoms with Gasteiger partial charge in [-0.25, -0.2) is 0 Å². The number of rotatable bonds is 3. The van der Waals surface area contributed by atoms with E-state index in [1.54, 1.807) is 12.1 Å². The van der Waals surface area contributed by atoms with Crippen LogP contribution in [0.15, 0.2) is 24.3 Å². The molecule has 7 heteroatoms. The van der Waals surface area contributed by atoms with Gasteiger partial charge in [0.25, 0.3) is 0 Å². The van der Waals surface area contributed by atoms with Gasteiger partial charge in [-0.2, -0.15) is 13.2 Å². The summed E-state index contributed by atoms with van der Waals surface area (Å²) in [6, 6.07) is 5.42. The molecular formula is C17H24ClF3N2O. The van der Waals surface area contributed by atoms with Gasteiger partial charge in [0.15, 0.2) is 0 Å². The third kappa shape index (κ3) is 4.42. The lowest BCUT2D eigenvalue weighted by atomic mass is 9.94. The van der Waals surface area contributed by atoms with Crippen molar-refractivity contribution in [2.45, 2.75) is 37.6 Å². The molecular weight excluding hydrogens is 341 g/mol. The first-order valence-electron chi connectivity index (χ1n) is 8.24. The molecule has 2 aliphatic heterocycles. The third-order valence-electron chi connectivity index (χ3n) is 4.96. The Kier molecular flexibility index (Phi) is 6.53. The Bertz CT molecular complexity index is 535. The van der Waals surface area contributed by atoms with Crippen LogP contribution in [-0.2, 0) is 6.18 Å². The molecule has 24 heavy (non-hydrogen) atoms. The minimum atomic E-state index is -4.36. The molecule has 136 valence electrons. The molecule has 3 nitrogen and oxygen atoms in total. The zero-order chi connectivity index (χ0) is 16.4. The van der Waals surface area contributed by atoms with Crippen molar-refractivity contribution in [1.82, 2.24) is 10.2 Å². The molecule has 2 fully saturated rings. The fourth-order valence-corrected chi connectivity index (χ4v) is 3.85. The second-order valence-corrected chi connectivity index (χ2v) is 6.64. The standard InChI is InChI=1S/C17H23F3N2O.ClH/c18-17(19,20)15-4-2-1-3-14(15)16-9-13(23)11-22(16)10-12-5-7-21-8-6-12;/h1-4,12-13,16,21,23H,5-11H2;1H. The van der Waals surface area contributed by atoms with E-state index in [-0.39, 0.29) is 18.4 Å². The summed E-state index contributed by atoms with van der Waals surface area (Å²) in [6.07, 6.45) is -2.45. The fourth-order valence-electron chi connectivity index (χ4n) is 3.85. The van der Waals surface area contributed by atoms with Crippen molar-refractivity contribution in [1.29, 1.82) is 0 Å². The molecule has 0 aromatic heterocycles. The summed E-state index contributed by atoms with van der Waals surface area (Å²) >= 11 is 0. The quantitative estimate of drug-likeness (QED) is 0.864. The molecule has 0 radical (unpaired) electrons. The maximum atomic E-state index is 13.3. The number of aliphatic hydroxyl groups is 1. The summed E-state index contributed by atoms with van der Waals surface area (Å²) in [5, 5.41) is 13.3. The van der Waals surface area contributed by atoms with Gasteiger partial charge in [-0.15, -0.1) is 12.4 Å². The highest BCUT2D eigenvalue weighted by atomic mass is 35.5. The van der Waals surface area contributed by atoms with Crippen LogP contribution in [0.2, 0.25) is 0 Å². The maximum absolute atomic E-state index is 13.3. The molecule has 2 unspecified atom stereocenters. The van der Waals surface area contributed by atoms with Gasteiger partial charge in [-0.3, -0.25) is 4.90 Å². The Hall–Kier alpha value is -0.820. The van der Waals surface area contributed by atoms with Gasteiger partial charge in [0, 0.05) is 19.1 Å². The Morgan fingerprint density at radius 2 is 1.83 bits per heavy atom. The second kappa shape index (κ2) is 8.04. The summed E-state index contributed by atoms with van der Waals surface area (Å²) in [7, 11) is 0. The molecule has 0 bridgehead atoms. The number of likely N-dealkylation sites (tertiary alicyclic amines) is 1. The van der Waals surface area contributed by atoms with Crippen LogP contribution in [0.1, 0.15) is 36.4 Å². The number of aliphatic hydroxyl groups excluding tert-OH is 1. The van der Waals surface area contributed by atoms with E-state index in [4.69, 9.17) is 0 Å². The first-order valence-corrected chi connectivity index (χ1v) is 8.24. The van der Waals surface area contributed by atoms with Crippen molar-refractivity contribution in [2.75, 3.05) is 26.2 Å². The van der Waals surface area contributed by atoms with Gasteiger partial charge >= 0.3 is 6.18 Å². The molecule has 0 aliphatic carbocycles. The summed E-state index contributed by atoms with van der Waals surface area (Å²) in [5.41, 5.74) is -0.278. The third-order valence-corrected chi connectivity index (χ3v) is 4.96. The summed E-state index contributed by atoms with van der Waals surface area (Å²) in [6.45, 7) is 3.14. The van der Waals surface area contributed by atoms with Crippen LogP contribution in [0, 0.1) is 5.92 Å². The molecule has 2 heterocycles. The molecule has 0 saturated carbocycles. The van der Waals surface area contributed by atoms with Crippen LogP contribution < -0.4 is 5.32 Å². The number of nitrogens with one attached hydrogen (secondary N) is 1. The second-order valence-electron chi connectivity index (χ2n) is 6.64. The number of hydrogen-bond donors (Lipinski definition) is 2. The topological polar surface area (TPSA) is 35.5 Å². The van der Waals surface area contributed by atoms with Crippen molar-refractivity contribution >= 4 is 12.4 Å². The average molecular weight is 365 g/mol. The van der Waals surface area contributed by atoms with Crippen molar-refractivity contribution in [2.24, 2.45) is 5.92 Å². The lowest BCUT2D eigenvalue weighted by molar-refractivity contribution is -0.138. The highest BCUT2D eigenvalue weighted by Crippen LogP contribution is 2.40. The van der Waals surface area contributed by atoms with E-state index in [0.29, 0.717) is 24.4 Å². The zero-order valence-electron chi connectivity index (χ0n) is 13.4. The van der Waals surface area contributed by atoms with E-state index in [0.717, 1.165) is 38.5 Å². The van der Waals surface area contributed by atoms with E-state index >= 15 is 0 Å². The fraction of sp³-hybridized carbons (Fsp3) is 0.647. The van der Waals surface area contributed by atoms with Crippen molar-refractivity contribution in [3.05, 3.63) is 35.4 Å². The van der Waals surface area contributed by atoms with E-state index in [2.05, 4.69) is 5.32 Å². The van der Waals surface area contributed by atoms with Crippen molar-refractivity contribution in [3.8, 4) is 0 Å². The van der Waals surface area contributed by atoms with E-state index in [1.807, 2.05) is 4.90 Å². The first kappa shape index (κ1) is 19.5. The van der Waals surface area contributed by atoms with Gasteiger partial charge in [-0.1, -0.05) is 18.2 Å². The molecule has 0 spiro atoms. The minimum Gasteiger partial charge on any atom is -0.392 e. The van der Waals surface area contributed by atoms with Gasteiger partial charge in [0.2, 0.25) is 0 Å². The van der Waals surface area contributed by atoms with Gasteiger partial charge < -0.3 is 10.4 Å². The minimum absolute atomic E-state index is 0. The molecule has 2 aliphatic rings. The van der Waals surface area contributed by atoms with Crippen LogP contribution in [0.25, 0.3) is 0 Å². The highest BCUT2D eigenvalue weighted by molar-refractivity contribution is 5.85. The van der Waals surface area contributed by atoms with Crippen LogP contribution in [-0.4, -0.2) is 42.3 Å². The molecule has 1 aromatic carbocycles. The first-order chi connectivity index (χ1) is 10.9. The van der Waals surface area contributed by atoms with Crippen molar-refractivity contribution < 1.29 is 18.3 Å². The number of piperidine rings is 1. The Labute approximate surface area is 146 Å². The SMILES string of the molecule is Cl.OC1CC(c2ccccc2C(F)(F)F)N(CC2CCNCC2)C1. The number of β-amino-alcohol motifs (C(OH)–C–C–N with tert-alkyl or cyclic N) is 1. The molecule has 2 saturated heterocycles. The lowest BCUT2D eigenvalue weighted by Crippen LogP contribution is -2.36. The van der Waals surface area contributed by atoms with Crippen LogP contribution in [0.4, 0.5) is 13.2 Å². The molecule has 2 N–H and O–H groups in total. The van der Waals surface area contributed by atoms with Crippen LogP contribution >= 0.6 is 12.4 Å². The number of benzene rings is 1. The van der Waals surface area contributed by atoms with E-state index < -0.39 is 17.8 Å². The Morgan fingerprint density at radius 1 is 1.17 bits per heavy atom. The highest BCUT2D eigenvalue weighted by Gasteiger charge is 2.40. The maximum Gasteiger partial charge on any atom is 0.416 e. The molecule has 3 rings (SSSR count). The van der Waals surface area contributed by atoms with Crippen LogP contribution in [0.3, 0.4) is 0 Å². The predicted molar refractivity (Wildman–Crippen MR) is 89.2 cm³/mol. The number of alkyl halides is 3. The average Bonchev–Trinajstić information content (AvgIpc) is 2.88.